The molecule has 6 heteroatoms. The number of aliphatic carboxylic acids is 1. The van der Waals surface area contributed by atoms with Gasteiger partial charge in [-0.25, -0.2) is 9.67 Å². The molecular weight excluding hydrogens is 230 g/mol. The van der Waals surface area contributed by atoms with Gasteiger partial charge in [-0.1, -0.05) is 17.7 Å². The van der Waals surface area contributed by atoms with Gasteiger partial charge in [-0.2, -0.15) is 5.10 Å². The maximum atomic E-state index is 10.6. The molecule has 0 saturated carbocycles. The molecule has 1 aromatic carbocycles. The van der Waals surface area contributed by atoms with Crippen molar-refractivity contribution in [1.82, 2.24) is 14.8 Å². The van der Waals surface area contributed by atoms with Crippen molar-refractivity contribution in [2.45, 2.75) is 6.42 Å². The Labute approximate surface area is 96.3 Å². The van der Waals surface area contributed by atoms with Crippen molar-refractivity contribution in [3.63, 3.8) is 0 Å². The molecule has 1 heterocycles. The topological polar surface area (TPSA) is 68.0 Å². The maximum absolute atomic E-state index is 10.6. The molecule has 0 bridgehead atoms. The second kappa shape index (κ2) is 4.32. The van der Waals surface area contributed by atoms with E-state index in [2.05, 4.69) is 10.1 Å². The number of carboxylic acid groups (broad SMARTS) is 1. The van der Waals surface area contributed by atoms with Crippen molar-refractivity contribution in [3.8, 4) is 5.69 Å². The number of benzene rings is 1. The normalized spacial score (nSPS) is 10.3. The molecule has 0 amide bonds. The van der Waals surface area contributed by atoms with Gasteiger partial charge in [0.15, 0.2) is 0 Å². The number of carbonyl (C=O) groups is 1. The van der Waals surface area contributed by atoms with Crippen LogP contribution in [0.1, 0.15) is 5.82 Å². The lowest BCUT2D eigenvalue weighted by Crippen LogP contribution is -2.09. The number of hydrogen-bond acceptors (Lipinski definition) is 3. The first-order valence-corrected chi connectivity index (χ1v) is 4.91. The van der Waals surface area contributed by atoms with Crippen LogP contribution in [0.2, 0.25) is 5.02 Å². The lowest BCUT2D eigenvalue weighted by molar-refractivity contribution is -0.136. The van der Waals surface area contributed by atoms with E-state index in [0.717, 1.165) is 0 Å². The average Bonchev–Trinajstić information content (AvgIpc) is 2.65. The molecule has 0 aliphatic heterocycles. The van der Waals surface area contributed by atoms with Crippen LogP contribution in [0.3, 0.4) is 0 Å². The van der Waals surface area contributed by atoms with Crippen LogP contribution in [0, 0.1) is 0 Å². The number of hydrogen-bond donors (Lipinski definition) is 1. The number of rotatable bonds is 3. The van der Waals surface area contributed by atoms with Gasteiger partial charge >= 0.3 is 5.97 Å². The van der Waals surface area contributed by atoms with Crippen LogP contribution in [-0.2, 0) is 11.2 Å². The molecule has 0 fully saturated rings. The molecule has 2 rings (SSSR count). The van der Waals surface area contributed by atoms with Gasteiger partial charge in [0.1, 0.15) is 18.6 Å². The first kappa shape index (κ1) is 10.6. The van der Waals surface area contributed by atoms with Crippen molar-refractivity contribution in [2.24, 2.45) is 0 Å². The SMILES string of the molecule is O=C(O)Cc1ncnn1-c1cccc(Cl)c1. The van der Waals surface area contributed by atoms with Crippen LogP contribution in [0.15, 0.2) is 30.6 Å². The second-order valence-corrected chi connectivity index (χ2v) is 3.57. The van der Waals surface area contributed by atoms with Crippen LogP contribution < -0.4 is 0 Å². The summed E-state index contributed by atoms with van der Waals surface area (Å²) in [4.78, 5) is 14.5. The number of carboxylic acids is 1. The van der Waals surface area contributed by atoms with E-state index in [1.807, 2.05) is 0 Å². The Morgan fingerprint density at radius 2 is 2.31 bits per heavy atom. The monoisotopic (exact) mass is 237 g/mol. The van der Waals surface area contributed by atoms with E-state index in [4.69, 9.17) is 16.7 Å². The van der Waals surface area contributed by atoms with E-state index >= 15 is 0 Å². The highest BCUT2D eigenvalue weighted by atomic mass is 35.5. The van der Waals surface area contributed by atoms with Gasteiger partial charge in [0, 0.05) is 5.02 Å². The Morgan fingerprint density at radius 1 is 1.50 bits per heavy atom. The van der Waals surface area contributed by atoms with Gasteiger partial charge < -0.3 is 5.11 Å². The summed E-state index contributed by atoms with van der Waals surface area (Å²) >= 11 is 5.84. The molecule has 0 spiro atoms. The van der Waals surface area contributed by atoms with Crippen molar-refractivity contribution in [1.29, 1.82) is 0 Å². The van der Waals surface area contributed by atoms with Gasteiger partial charge in [0.05, 0.1) is 5.69 Å². The molecule has 2 aromatic rings. The molecule has 0 aliphatic rings. The van der Waals surface area contributed by atoms with Gasteiger partial charge in [0.25, 0.3) is 0 Å². The lowest BCUT2D eigenvalue weighted by Gasteiger charge is -2.04. The molecule has 0 aliphatic carbocycles. The predicted molar refractivity (Wildman–Crippen MR) is 57.7 cm³/mol. The Balaban J connectivity index is 2.40. The van der Waals surface area contributed by atoms with Crippen LogP contribution >= 0.6 is 11.6 Å². The minimum absolute atomic E-state index is 0.174. The van der Waals surface area contributed by atoms with Crippen LogP contribution in [0.25, 0.3) is 5.69 Å². The Kier molecular flexibility index (Phi) is 2.87. The van der Waals surface area contributed by atoms with E-state index < -0.39 is 5.97 Å². The zero-order valence-electron chi connectivity index (χ0n) is 8.17. The zero-order valence-corrected chi connectivity index (χ0v) is 8.92. The summed E-state index contributed by atoms with van der Waals surface area (Å²) in [6.07, 6.45) is 1.14. The third-order valence-corrected chi connectivity index (χ3v) is 2.22. The maximum Gasteiger partial charge on any atom is 0.311 e. The van der Waals surface area contributed by atoms with E-state index in [1.165, 1.54) is 11.0 Å². The zero-order chi connectivity index (χ0) is 11.5. The van der Waals surface area contributed by atoms with Gasteiger partial charge in [-0.05, 0) is 18.2 Å². The summed E-state index contributed by atoms with van der Waals surface area (Å²) in [5, 5.41) is 13.2. The average molecular weight is 238 g/mol. The first-order chi connectivity index (χ1) is 7.66. The van der Waals surface area contributed by atoms with Crippen LogP contribution in [0.4, 0.5) is 0 Å². The Bertz CT molecular complexity index is 524. The predicted octanol–water partition coefficient (Wildman–Crippen LogP) is 1.55. The summed E-state index contributed by atoms with van der Waals surface area (Å²) in [5.74, 6) is -0.578. The van der Waals surface area contributed by atoms with E-state index in [1.54, 1.807) is 24.3 Å². The van der Waals surface area contributed by atoms with Crippen LogP contribution in [-0.4, -0.2) is 25.8 Å². The van der Waals surface area contributed by atoms with E-state index in [0.29, 0.717) is 16.5 Å². The highest BCUT2D eigenvalue weighted by molar-refractivity contribution is 6.30. The summed E-state index contributed by atoms with van der Waals surface area (Å²) < 4.78 is 1.46. The summed E-state index contributed by atoms with van der Waals surface area (Å²) in [7, 11) is 0. The molecule has 0 saturated heterocycles. The number of halogens is 1. The van der Waals surface area contributed by atoms with E-state index in [9.17, 15) is 4.79 Å². The number of aromatic nitrogens is 3. The minimum Gasteiger partial charge on any atom is -0.481 e. The van der Waals surface area contributed by atoms with Gasteiger partial charge in [0.2, 0.25) is 0 Å². The van der Waals surface area contributed by atoms with Crippen molar-refractivity contribution >= 4 is 17.6 Å². The second-order valence-electron chi connectivity index (χ2n) is 3.14. The molecule has 0 atom stereocenters. The third kappa shape index (κ3) is 2.20. The molecular formula is C10H8ClN3O2. The third-order valence-electron chi connectivity index (χ3n) is 1.98. The minimum atomic E-state index is -0.948. The number of nitrogens with zero attached hydrogens (tertiary/aromatic N) is 3. The van der Waals surface area contributed by atoms with E-state index in [-0.39, 0.29) is 6.42 Å². The highest BCUT2D eigenvalue weighted by Crippen LogP contribution is 2.15. The fraction of sp³-hybridized carbons (Fsp3) is 0.100. The summed E-state index contributed by atoms with van der Waals surface area (Å²) in [6.45, 7) is 0. The summed E-state index contributed by atoms with van der Waals surface area (Å²) in [5.41, 5.74) is 0.696. The first-order valence-electron chi connectivity index (χ1n) is 4.53. The smallest absolute Gasteiger partial charge is 0.311 e. The molecule has 82 valence electrons. The molecule has 1 aromatic heterocycles. The molecule has 5 nitrogen and oxygen atoms in total. The van der Waals surface area contributed by atoms with Crippen molar-refractivity contribution in [2.75, 3.05) is 0 Å². The quantitative estimate of drug-likeness (QED) is 0.880. The highest BCUT2D eigenvalue weighted by Gasteiger charge is 2.10. The van der Waals surface area contributed by atoms with Gasteiger partial charge in [-0.3, -0.25) is 4.79 Å². The lowest BCUT2D eigenvalue weighted by atomic mass is 10.3. The molecule has 0 unspecified atom stereocenters. The Hall–Kier alpha value is -1.88. The standard InChI is InChI=1S/C10H8ClN3O2/c11-7-2-1-3-8(4-7)14-9(5-10(15)16)12-6-13-14/h1-4,6H,5H2,(H,15,16). The molecule has 0 radical (unpaired) electrons. The van der Waals surface area contributed by atoms with Crippen molar-refractivity contribution < 1.29 is 9.90 Å². The fourth-order valence-corrected chi connectivity index (χ4v) is 1.53. The van der Waals surface area contributed by atoms with Gasteiger partial charge in [-0.15, -0.1) is 0 Å². The van der Waals surface area contributed by atoms with Crippen LogP contribution in [0.5, 0.6) is 0 Å². The fourth-order valence-electron chi connectivity index (χ4n) is 1.34. The Morgan fingerprint density at radius 3 is 3.00 bits per heavy atom. The summed E-state index contributed by atoms with van der Waals surface area (Å²) in [6, 6.07) is 6.98. The largest absolute Gasteiger partial charge is 0.481 e. The molecule has 16 heavy (non-hydrogen) atoms. The van der Waals surface area contributed by atoms with Crippen molar-refractivity contribution in [3.05, 3.63) is 41.4 Å². The molecule has 1 N–H and O–H groups in total.